The number of anilines is 1. The summed E-state index contributed by atoms with van der Waals surface area (Å²) in [7, 11) is 0. The third kappa shape index (κ3) is 2.50. The summed E-state index contributed by atoms with van der Waals surface area (Å²) in [5.41, 5.74) is 2.82. The van der Waals surface area contributed by atoms with Gasteiger partial charge in [-0.1, -0.05) is 0 Å². The van der Waals surface area contributed by atoms with Crippen LogP contribution >= 0.6 is 0 Å². The van der Waals surface area contributed by atoms with Crippen LogP contribution in [-0.2, 0) is 12.8 Å². The Labute approximate surface area is 147 Å². The molecule has 0 radical (unpaired) electrons. The smallest absolute Gasteiger partial charge is 0.293 e. The summed E-state index contributed by atoms with van der Waals surface area (Å²) in [6.07, 6.45) is 11.7. The molecule has 3 aliphatic rings. The molecule has 0 bridgehead atoms. The number of hydrogen-bond acceptors (Lipinski definition) is 4. The Morgan fingerprint density at radius 3 is 2.80 bits per heavy atom. The van der Waals surface area contributed by atoms with Crippen molar-refractivity contribution in [1.29, 1.82) is 0 Å². The first-order valence-electron chi connectivity index (χ1n) is 9.61. The van der Waals surface area contributed by atoms with Crippen molar-refractivity contribution >= 4 is 5.82 Å². The highest BCUT2D eigenvalue weighted by molar-refractivity contribution is 5.38. The predicted octanol–water partition coefficient (Wildman–Crippen LogP) is 2.41. The molecule has 6 heteroatoms. The molecule has 2 aliphatic carbocycles. The van der Waals surface area contributed by atoms with Gasteiger partial charge in [0.1, 0.15) is 5.82 Å². The minimum atomic E-state index is 0.0787. The largest absolute Gasteiger partial charge is 0.350 e. The number of imidazole rings is 1. The van der Waals surface area contributed by atoms with Crippen molar-refractivity contribution in [3.8, 4) is 0 Å². The van der Waals surface area contributed by atoms with E-state index >= 15 is 0 Å². The Bertz CT molecular complexity index is 863. The van der Waals surface area contributed by atoms with Crippen LogP contribution < -0.4 is 10.5 Å². The minimum absolute atomic E-state index is 0.0787. The zero-order valence-electron chi connectivity index (χ0n) is 14.8. The third-order valence-corrected chi connectivity index (χ3v) is 5.96. The monoisotopic (exact) mass is 339 g/mol. The fourth-order valence-corrected chi connectivity index (χ4v) is 4.60. The van der Waals surface area contributed by atoms with Gasteiger partial charge in [0.2, 0.25) is 0 Å². The second-order valence-electron chi connectivity index (χ2n) is 7.71. The SMILES string of the molecule is Cc1nc2c(n1[C@@H]1CCN(c3nccn(C4CC4)c3=O)C1)CCCC2. The molecule has 5 rings (SSSR count). The van der Waals surface area contributed by atoms with Gasteiger partial charge < -0.3 is 14.0 Å². The molecule has 25 heavy (non-hydrogen) atoms. The fourth-order valence-electron chi connectivity index (χ4n) is 4.60. The van der Waals surface area contributed by atoms with E-state index in [0.29, 0.717) is 17.9 Å². The lowest BCUT2D eigenvalue weighted by atomic mass is 10.0. The number of rotatable bonds is 3. The van der Waals surface area contributed by atoms with Gasteiger partial charge in [0.25, 0.3) is 5.56 Å². The van der Waals surface area contributed by atoms with Gasteiger partial charge in [0.05, 0.1) is 11.7 Å². The third-order valence-electron chi connectivity index (χ3n) is 5.96. The van der Waals surface area contributed by atoms with Crippen LogP contribution in [-0.4, -0.2) is 32.2 Å². The molecule has 0 aromatic carbocycles. The van der Waals surface area contributed by atoms with E-state index in [1.807, 2.05) is 10.8 Å². The van der Waals surface area contributed by atoms with Crippen LogP contribution in [0.5, 0.6) is 0 Å². The van der Waals surface area contributed by atoms with Crippen LogP contribution in [0.15, 0.2) is 17.2 Å². The second kappa shape index (κ2) is 5.71. The van der Waals surface area contributed by atoms with E-state index in [0.717, 1.165) is 51.0 Å². The van der Waals surface area contributed by atoms with Crippen LogP contribution in [0.25, 0.3) is 0 Å². The molecular weight excluding hydrogens is 314 g/mol. The van der Waals surface area contributed by atoms with Crippen molar-refractivity contribution in [3.05, 3.63) is 40.0 Å². The molecule has 1 saturated carbocycles. The lowest BCUT2D eigenvalue weighted by Gasteiger charge is -2.21. The molecule has 0 unspecified atom stereocenters. The zero-order valence-corrected chi connectivity index (χ0v) is 14.8. The minimum Gasteiger partial charge on any atom is -0.350 e. The van der Waals surface area contributed by atoms with Gasteiger partial charge in [-0.25, -0.2) is 9.97 Å². The number of aromatic nitrogens is 4. The Morgan fingerprint density at radius 2 is 1.96 bits per heavy atom. The molecule has 1 aliphatic heterocycles. The van der Waals surface area contributed by atoms with Crippen molar-refractivity contribution in [2.75, 3.05) is 18.0 Å². The van der Waals surface area contributed by atoms with E-state index in [1.165, 1.54) is 24.2 Å². The molecule has 6 nitrogen and oxygen atoms in total. The van der Waals surface area contributed by atoms with E-state index in [2.05, 4.69) is 21.4 Å². The molecule has 2 fully saturated rings. The summed E-state index contributed by atoms with van der Waals surface area (Å²) in [4.78, 5) is 24.2. The molecule has 1 atom stereocenters. The Hall–Kier alpha value is -2.11. The van der Waals surface area contributed by atoms with Crippen molar-refractivity contribution < 1.29 is 0 Å². The van der Waals surface area contributed by atoms with E-state index in [1.54, 1.807) is 6.20 Å². The predicted molar refractivity (Wildman–Crippen MR) is 96.2 cm³/mol. The molecule has 1 saturated heterocycles. The Morgan fingerprint density at radius 1 is 1.12 bits per heavy atom. The van der Waals surface area contributed by atoms with Gasteiger partial charge in [0, 0.05) is 37.2 Å². The Kier molecular flexibility index (Phi) is 3.47. The first kappa shape index (κ1) is 15.2. The summed E-state index contributed by atoms with van der Waals surface area (Å²) in [6, 6.07) is 0.806. The van der Waals surface area contributed by atoms with Crippen molar-refractivity contribution in [2.45, 2.75) is 64.0 Å². The van der Waals surface area contributed by atoms with E-state index in [9.17, 15) is 4.79 Å². The lowest BCUT2D eigenvalue weighted by molar-refractivity contribution is 0.504. The summed E-state index contributed by atoms with van der Waals surface area (Å²) >= 11 is 0. The van der Waals surface area contributed by atoms with E-state index in [4.69, 9.17) is 4.98 Å². The van der Waals surface area contributed by atoms with Gasteiger partial charge in [-0.05, 0) is 51.9 Å². The maximum Gasteiger partial charge on any atom is 0.293 e. The maximum atomic E-state index is 12.8. The first-order chi connectivity index (χ1) is 12.2. The van der Waals surface area contributed by atoms with Crippen molar-refractivity contribution in [2.24, 2.45) is 0 Å². The quantitative estimate of drug-likeness (QED) is 0.862. The van der Waals surface area contributed by atoms with Crippen LogP contribution in [0.1, 0.15) is 61.4 Å². The standard InChI is InChI=1S/C19H25N5O/c1-13-21-16-4-2-3-5-17(16)24(13)15-8-10-22(12-15)18-19(25)23(11-9-20-18)14-6-7-14/h9,11,14-15H,2-8,10,12H2,1H3/t15-/m1/s1. The molecule has 132 valence electrons. The molecule has 2 aromatic rings. The van der Waals surface area contributed by atoms with Crippen molar-refractivity contribution in [1.82, 2.24) is 19.1 Å². The van der Waals surface area contributed by atoms with Gasteiger partial charge in [-0.15, -0.1) is 0 Å². The first-order valence-corrected chi connectivity index (χ1v) is 9.61. The van der Waals surface area contributed by atoms with Crippen LogP contribution in [0, 0.1) is 6.92 Å². The topological polar surface area (TPSA) is 56.0 Å². The van der Waals surface area contributed by atoms with Crippen molar-refractivity contribution in [3.63, 3.8) is 0 Å². The zero-order chi connectivity index (χ0) is 17.0. The van der Waals surface area contributed by atoms with Crippen LogP contribution in [0.4, 0.5) is 5.82 Å². The second-order valence-corrected chi connectivity index (χ2v) is 7.71. The Balaban J connectivity index is 1.43. The number of nitrogens with zero attached hydrogens (tertiary/aromatic N) is 5. The summed E-state index contributed by atoms with van der Waals surface area (Å²) in [5, 5.41) is 0. The van der Waals surface area contributed by atoms with E-state index in [-0.39, 0.29) is 5.56 Å². The van der Waals surface area contributed by atoms with Crippen LogP contribution in [0.2, 0.25) is 0 Å². The molecule has 2 aromatic heterocycles. The lowest BCUT2D eigenvalue weighted by Crippen LogP contribution is -2.32. The van der Waals surface area contributed by atoms with Crippen LogP contribution in [0.3, 0.4) is 0 Å². The highest BCUT2D eigenvalue weighted by Crippen LogP contribution is 2.34. The average molecular weight is 339 g/mol. The summed E-state index contributed by atoms with van der Waals surface area (Å²) in [5.74, 6) is 1.76. The van der Waals surface area contributed by atoms with Gasteiger partial charge in [0.15, 0.2) is 5.82 Å². The average Bonchev–Trinajstić information content (AvgIpc) is 3.25. The van der Waals surface area contributed by atoms with E-state index < -0.39 is 0 Å². The summed E-state index contributed by atoms with van der Waals surface area (Å²) < 4.78 is 4.33. The molecule has 0 N–H and O–H groups in total. The van der Waals surface area contributed by atoms with Gasteiger partial charge in [-0.2, -0.15) is 0 Å². The molecule has 0 amide bonds. The summed E-state index contributed by atoms with van der Waals surface area (Å²) in [6.45, 7) is 3.89. The highest BCUT2D eigenvalue weighted by atomic mass is 16.1. The maximum absolute atomic E-state index is 12.8. The highest BCUT2D eigenvalue weighted by Gasteiger charge is 2.32. The molecular formula is C19H25N5O. The normalized spacial score (nSPS) is 23.1. The number of fused-ring (bicyclic) bond motifs is 1. The van der Waals surface area contributed by atoms with Gasteiger partial charge >= 0.3 is 0 Å². The number of hydrogen-bond donors (Lipinski definition) is 0. The fraction of sp³-hybridized carbons (Fsp3) is 0.632. The molecule has 3 heterocycles. The van der Waals surface area contributed by atoms with Gasteiger partial charge in [-0.3, -0.25) is 4.79 Å². The molecule has 0 spiro atoms. The number of aryl methyl sites for hydroxylation is 2.